The summed E-state index contributed by atoms with van der Waals surface area (Å²) in [6.45, 7) is 4.52. The minimum atomic E-state index is -0.285. The summed E-state index contributed by atoms with van der Waals surface area (Å²) < 4.78 is 6.90. The van der Waals surface area contributed by atoms with E-state index in [1.807, 2.05) is 38.1 Å². The molecule has 19 heavy (non-hydrogen) atoms. The molecule has 0 amide bonds. The van der Waals surface area contributed by atoms with Crippen molar-refractivity contribution in [3.8, 4) is 0 Å². The van der Waals surface area contributed by atoms with E-state index in [9.17, 15) is 9.59 Å². The van der Waals surface area contributed by atoms with Crippen LogP contribution in [0.2, 0.25) is 0 Å². The molecule has 0 aliphatic carbocycles. The summed E-state index contributed by atoms with van der Waals surface area (Å²) in [5.74, 6) is 0.0304. The molecule has 0 unspecified atom stereocenters. The number of hydrogen-bond donors (Lipinski definition) is 0. The largest absolute Gasteiger partial charge is 0.464 e. The number of rotatable bonds is 5. The molecule has 0 N–H and O–H groups in total. The third-order valence-electron chi connectivity index (χ3n) is 2.82. The highest BCUT2D eigenvalue weighted by atomic mass is 16.5. The number of esters is 1. The molecular weight excluding hydrogens is 242 g/mol. The highest BCUT2D eigenvalue weighted by Crippen LogP contribution is 2.19. The first-order valence-electron chi connectivity index (χ1n) is 6.30. The van der Waals surface area contributed by atoms with E-state index in [4.69, 9.17) is 4.74 Å². The lowest BCUT2D eigenvalue weighted by atomic mass is 10.2. The van der Waals surface area contributed by atoms with E-state index >= 15 is 0 Å². The highest BCUT2D eigenvalue weighted by Gasteiger charge is 2.11. The van der Waals surface area contributed by atoms with Crippen LogP contribution >= 0.6 is 0 Å². The van der Waals surface area contributed by atoms with Crippen molar-refractivity contribution in [1.29, 1.82) is 0 Å². The number of hydrogen-bond acceptors (Lipinski definition) is 3. The molecule has 1 aromatic heterocycles. The number of nitrogens with zero attached hydrogens (tertiary/aromatic N) is 1. The minimum Gasteiger partial charge on any atom is -0.464 e. The van der Waals surface area contributed by atoms with Gasteiger partial charge in [-0.15, -0.1) is 0 Å². The number of carbonyl (C=O) groups excluding carboxylic acids is 2. The maximum Gasteiger partial charge on any atom is 0.325 e. The van der Waals surface area contributed by atoms with Gasteiger partial charge in [0.25, 0.3) is 0 Å². The molecule has 0 atom stereocenters. The average molecular weight is 259 g/mol. The van der Waals surface area contributed by atoms with E-state index in [1.165, 1.54) is 0 Å². The topological polar surface area (TPSA) is 48.3 Å². The van der Waals surface area contributed by atoms with Crippen LogP contribution in [0, 0.1) is 5.92 Å². The SMILES string of the molecule is CC(C)COC(=O)Cn1cc(C=O)c2ccccc21. The molecule has 0 fully saturated rings. The molecule has 4 nitrogen and oxygen atoms in total. The number of aldehydes is 1. The second-order valence-corrected chi connectivity index (χ2v) is 4.92. The van der Waals surface area contributed by atoms with Crippen LogP contribution in [0.3, 0.4) is 0 Å². The fraction of sp³-hybridized carbons (Fsp3) is 0.333. The lowest BCUT2D eigenvalue weighted by Crippen LogP contribution is -2.15. The van der Waals surface area contributed by atoms with Gasteiger partial charge in [0.05, 0.1) is 6.61 Å². The van der Waals surface area contributed by atoms with E-state index < -0.39 is 0 Å². The first-order valence-corrected chi connectivity index (χ1v) is 6.30. The number of carbonyl (C=O) groups is 2. The third-order valence-corrected chi connectivity index (χ3v) is 2.82. The maximum absolute atomic E-state index is 11.7. The minimum absolute atomic E-state index is 0.126. The molecular formula is C15H17NO3. The number of para-hydroxylation sites is 1. The Balaban J connectivity index is 2.21. The van der Waals surface area contributed by atoms with Gasteiger partial charge >= 0.3 is 5.97 Å². The van der Waals surface area contributed by atoms with Crippen molar-refractivity contribution in [2.24, 2.45) is 5.92 Å². The van der Waals surface area contributed by atoms with Gasteiger partial charge in [0.2, 0.25) is 0 Å². The van der Waals surface area contributed by atoms with E-state index in [2.05, 4.69) is 0 Å². The van der Waals surface area contributed by atoms with Crippen molar-refractivity contribution in [3.05, 3.63) is 36.0 Å². The first kappa shape index (κ1) is 13.3. The van der Waals surface area contributed by atoms with Crippen LogP contribution < -0.4 is 0 Å². The quantitative estimate of drug-likeness (QED) is 0.612. The predicted octanol–water partition coefficient (Wildman–Crippen LogP) is 2.65. The van der Waals surface area contributed by atoms with E-state index in [0.29, 0.717) is 18.1 Å². The molecule has 0 saturated carbocycles. The van der Waals surface area contributed by atoms with Gasteiger partial charge in [-0.05, 0) is 12.0 Å². The second kappa shape index (κ2) is 5.69. The van der Waals surface area contributed by atoms with Gasteiger partial charge in [0, 0.05) is 22.7 Å². The Hall–Kier alpha value is -2.10. The van der Waals surface area contributed by atoms with Crippen molar-refractivity contribution >= 4 is 23.2 Å². The van der Waals surface area contributed by atoms with E-state index in [1.54, 1.807) is 10.8 Å². The van der Waals surface area contributed by atoms with Crippen LogP contribution in [-0.2, 0) is 16.1 Å². The van der Waals surface area contributed by atoms with Crippen molar-refractivity contribution in [2.45, 2.75) is 20.4 Å². The van der Waals surface area contributed by atoms with E-state index in [-0.39, 0.29) is 12.5 Å². The molecule has 0 saturated heterocycles. The fourth-order valence-corrected chi connectivity index (χ4v) is 1.94. The molecule has 0 radical (unpaired) electrons. The Labute approximate surface area is 112 Å². The van der Waals surface area contributed by atoms with Crippen molar-refractivity contribution in [3.63, 3.8) is 0 Å². The third kappa shape index (κ3) is 3.02. The fourth-order valence-electron chi connectivity index (χ4n) is 1.94. The van der Waals surface area contributed by atoms with Crippen molar-refractivity contribution in [2.75, 3.05) is 6.61 Å². The zero-order valence-corrected chi connectivity index (χ0v) is 11.1. The van der Waals surface area contributed by atoms with Crippen LogP contribution in [0.4, 0.5) is 0 Å². The Bertz CT molecular complexity index is 598. The highest BCUT2D eigenvalue weighted by molar-refractivity contribution is 5.98. The molecule has 1 heterocycles. The van der Waals surface area contributed by atoms with Crippen LogP contribution in [0.5, 0.6) is 0 Å². The van der Waals surface area contributed by atoms with Gasteiger partial charge in [0.15, 0.2) is 6.29 Å². The lowest BCUT2D eigenvalue weighted by molar-refractivity contribution is -0.145. The summed E-state index contributed by atoms with van der Waals surface area (Å²) in [7, 11) is 0. The summed E-state index contributed by atoms with van der Waals surface area (Å²) >= 11 is 0. The van der Waals surface area contributed by atoms with Gasteiger partial charge < -0.3 is 9.30 Å². The summed E-state index contributed by atoms with van der Waals surface area (Å²) in [5.41, 5.74) is 1.46. The van der Waals surface area contributed by atoms with E-state index in [0.717, 1.165) is 17.2 Å². The number of ether oxygens (including phenoxy) is 1. The molecule has 0 bridgehead atoms. The zero-order valence-electron chi connectivity index (χ0n) is 11.1. The predicted molar refractivity (Wildman–Crippen MR) is 73.1 cm³/mol. The van der Waals surface area contributed by atoms with Crippen LogP contribution in [0.1, 0.15) is 24.2 Å². The van der Waals surface area contributed by atoms with Gasteiger partial charge in [0.1, 0.15) is 6.54 Å². The summed E-state index contributed by atoms with van der Waals surface area (Å²) in [6.07, 6.45) is 2.49. The monoisotopic (exact) mass is 259 g/mol. The van der Waals surface area contributed by atoms with Crippen LogP contribution in [-0.4, -0.2) is 23.4 Å². The Kier molecular flexibility index (Phi) is 4.00. The van der Waals surface area contributed by atoms with Crippen molar-refractivity contribution < 1.29 is 14.3 Å². The standard InChI is InChI=1S/C15H17NO3/c1-11(2)10-19-15(18)8-16-7-12(9-17)13-5-3-4-6-14(13)16/h3-7,9,11H,8,10H2,1-2H3. The summed E-state index contributed by atoms with van der Waals surface area (Å²) in [4.78, 5) is 22.7. The summed E-state index contributed by atoms with van der Waals surface area (Å²) in [6, 6.07) is 7.51. The van der Waals surface area contributed by atoms with Gasteiger partial charge in [-0.1, -0.05) is 32.0 Å². The average Bonchev–Trinajstić information content (AvgIpc) is 2.75. The molecule has 100 valence electrons. The molecule has 2 aromatic rings. The number of fused-ring (bicyclic) bond motifs is 1. The first-order chi connectivity index (χ1) is 9.11. The lowest BCUT2D eigenvalue weighted by Gasteiger charge is -2.08. The zero-order chi connectivity index (χ0) is 13.8. The second-order valence-electron chi connectivity index (χ2n) is 4.92. The Morgan fingerprint density at radius 3 is 2.79 bits per heavy atom. The van der Waals surface area contributed by atoms with Gasteiger partial charge in [-0.25, -0.2) is 0 Å². The maximum atomic E-state index is 11.7. The number of benzene rings is 1. The Morgan fingerprint density at radius 1 is 1.37 bits per heavy atom. The molecule has 0 spiro atoms. The smallest absolute Gasteiger partial charge is 0.325 e. The molecule has 2 rings (SSSR count). The van der Waals surface area contributed by atoms with Crippen LogP contribution in [0.15, 0.2) is 30.5 Å². The molecule has 0 aliphatic heterocycles. The van der Waals surface area contributed by atoms with Crippen molar-refractivity contribution in [1.82, 2.24) is 4.57 Å². The van der Waals surface area contributed by atoms with Gasteiger partial charge in [-0.3, -0.25) is 9.59 Å². The summed E-state index contributed by atoms with van der Waals surface area (Å²) in [5, 5.41) is 0.856. The number of aromatic nitrogens is 1. The van der Waals surface area contributed by atoms with Crippen LogP contribution in [0.25, 0.3) is 10.9 Å². The normalized spacial score (nSPS) is 10.9. The Morgan fingerprint density at radius 2 is 2.11 bits per heavy atom. The molecule has 4 heteroatoms. The van der Waals surface area contributed by atoms with Gasteiger partial charge in [-0.2, -0.15) is 0 Å². The molecule has 1 aromatic carbocycles. The molecule has 0 aliphatic rings.